The maximum Gasteiger partial charge on any atom is 0.292 e. The van der Waals surface area contributed by atoms with E-state index in [4.69, 9.17) is 16.0 Å². The van der Waals surface area contributed by atoms with E-state index in [-0.39, 0.29) is 11.6 Å². The first kappa shape index (κ1) is 12.7. The number of anilines is 1. The third-order valence-corrected chi connectivity index (χ3v) is 3.22. The molecular formula is C13H10ClN3O3. The normalized spacial score (nSPS) is 10.9. The van der Waals surface area contributed by atoms with Crippen LogP contribution in [0.2, 0.25) is 5.02 Å². The first-order valence-corrected chi connectivity index (χ1v) is 6.23. The molecule has 1 N–H and O–H groups in total. The molecule has 6 nitrogen and oxygen atoms in total. The maximum absolute atomic E-state index is 12.2. The van der Waals surface area contributed by atoms with Gasteiger partial charge in [0, 0.05) is 16.0 Å². The lowest BCUT2D eigenvalue weighted by Crippen LogP contribution is -2.13. The average molecular weight is 292 g/mol. The lowest BCUT2D eigenvalue weighted by atomic mass is 10.1. The molecule has 0 saturated carbocycles. The van der Waals surface area contributed by atoms with Crippen molar-refractivity contribution in [2.75, 3.05) is 5.32 Å². The van der Waals surface area contributed by atoms with Crippen LogP contribution in [-0.2, 0) is 0 Å². The van der Waals surface area contributed by atoms with Crippen molar-refractivity contribution in [2.45, 2.75) is 13.8 Å². The van der Waals surface area contributed by atoms with Crippen molar-refractivity contribution in [3.05, 3.63) is 40.2 Å². The number of halogens is 1. The Morgan fingerprint density at radius 1 is 1.30 bits per heavy atom. The fourth-order valence-corrected chi connectivity index (χ4v) is 2.09. The van der Waals surface area contributed by atoms with E-state index < -0.39 is 5.91 Å². The molecular weight excluding hydrogens is 282 g/mol. The van der Waals surface area contributed by atoms with Gasteiger partial charge in [-0.3, -0.25) is 10.1 Å². The van der Waals surface area contributed by atoms with E-state index in [0.29, 0.717) is 21.9 Å². The molecule has 0 atom stereocenters. The van der Waals surface area contributed by atoms with Gasteiger partial charge in [-0.1, -0.05) is 16.8 Å². The Kier molecular flexibility index (Phi) is 2.94. The molecule has 0 aliphatic heterocycles. The van der Waals surface area contributed by atoms with Gasteiger partial charge < -0.3 is 4.42 Å². The lowest BCUT2D eigenvalue weighted by Gasteiger charge is -1.99. The smallest absolute Gasteiger partial charge is 0.292 e. The van der Waals surface area contributed by atoms with Crippen molar-refractivity contribution in [3.63, 3.8) is 0 Å². The number of fused-ring (bicyclic) bond motifs is 1. The lowest BCUT2D eigenvalue weighted by molar-refractivity contribution is 0.0997. The molecule has 1 amide bonds. The second-order valence-electron chi connectivity index (χ2n) is 4.35. The summed E-state index contributed by atoms with van der Waals surface area (Å²) in [4.78, 5) is 12.2. The molecule has 0 saturated heterocycles. The molecule has 0 bridgehead atoms. The molecule has 20 heavy (non-hydrogen) atoms. The molecule has 1 aromatic carbocycles. The van der Waals surface area contributed by atoms with Gasteiger partial charge in [0.15, 0.2) is 5.76 Å². The summed E-state index contributed by atoms with van der Waals surface area (Å²) < 4.78 is 10.1. The summed E-state index contributed by atoms with van der Waals surface area (Å²) >= 11 is 5.94. The Morgan fingerprint density at radius 3 is 2.80 bits per heavy atom. The first-order valence-electron chi connectivity index (χ1n) is 5.85. The predicted octanol–water partition coefficient (Wildman–Crippen LogP) is 3.34. The molecule has 0 aliphatic carbocycles. The third kappa shape index (κ3) is 2.04. The number of rotatable bonds is 2. The third-order valence-electron chi connectivity index (χ3n) is 2.99. The van der Waals surface area contributed by atoms with Crippen LogP contribution in [-0.4, -0.2) is 16.2 Å². The van der Waals surface area contributed by atoms with Gasteiger partial charge in [-0.15, -0.1) is 0 Å². The zero-order valence-electron chi connectivity index (χ0n) is 10.7. The monoisotopic (exact) mass is 291 g/mol. The number of amides is 1. The summed E-state index contributed by atoms with van der Waals surface area (Å²) in [7, 11) is 0. The highest BCUT2D eigenvalue weighted by molar-refractivity contribution is 6.31. The molecule has 0 spiro atoms. The Balaban J connectivity index is 2.00. The van der Waals surface area contributed by atoms with Gasteiger partial charge in [0.05, 0.1) is 0 Å². The van der Waals surface area contributed by atoms with E-state index in [1.807, 2.05) is 0 Å². The summed E-state index contributed by atoms with van der Waals surface area (Å²) in [6.07, 6.45) is 0. The van der Waals surface area contributed by atoms with Crippen LogP contribution in [0.1, 0.15) is 21.8 Å². The van der Waals surface area contributed by atoms with Crippen molar-refractivity contribution in [1.29, 1.82) is 0 Å². The van der Waals surface area contributed by atoms with Gasteiger partial charge in [-0.25, -0.2) is 4.63 Å². The van der Waals surface area contributed by atoms with E-state index in [9.17, 15) is 4.79 Å². The minimum absolute atomic E-state index is 0.213. The highest BCUT2D eigenvalue weighted by Crippen LogP contribution is 2.28. The Morgan fingerprint density at radius 2 is 2.10 bits per heavy atom. The van der Waals surface area contributed by atoms with Crippen molar-refractivity contribution in [3.8, 4) is 0 Å². The van der Waals surface area contributed by atoms with Crippen LogP contribution < -0.4 is 5.32 Å². The standard InChI is InChI=1S/C13H10ClN3O3/c1-6-9-5-8(14)3-4-10(9)19-11(6)13(18)15-12-7(2)16-20-17-12/h3-5H,1-2H3,(H,15,17,18). The van der Waals surface area contributed by atoms with Crippen LogP contribution in [0, 0.1) is 13.8 Å². The van der Waals surface area contributed by atoms with Gasteiger partial charge in [0.2, 0.25) is 5.82 Å². The number of nitrogens with zero attached hydrogens (tertiary/aromatic N) is 2. The molecule has 0 unspecified atom stereocenters. The number of carbonyl (C=O) groups excluding carboxylic acids is 1. The summed E-state index contributed by atoms with van der Waals surface area (Å²) in [5, 5.41) is 11.2. The van der Waals surface area contributed by atoms with Crippen molar-refractivity contribution in [2.24, 2.45) is 0 Å². The number of aryl methyl sites for hydroxylation is 2. The SMILES string of the molecule is Cc1nonc1NC(=O)c1oc2ccc(Cl)cc2c1C. The molecule has 0 aliphatic rings. The number of aromatic nitrogens is 2. The van der Waals surface area contributed by atoms with Crippen molar-refractivity contribution < 1.29 is 13.8 Å². The molecule has 0 fully saturated rings. The van der Waals surface area contributed by atoms with Crippen LogP contribution in [0.15, 0.2) is 27.2 Å². The van der Waals surface area contributed by atoms with Crippen molar-refractivity contribution in [1.82, 2.24) is 10.3 Å². The number of hydrogen-bond acceptors (Lipinski definition) is 5. The second-order valence-corrected chi connectivity index (χ2v) is 4.79. The minimum atomic E-state index is -0.409. The van der Waals surface area contributed by atoms with Gasteiger partial charge >= 0.3 is 0 Å². The number of furan rings is 1. The number of benzene rings is 1. The molecule has 3 aromatic rings. The summed E-state index contributed by atoms with van der Waals surface area (Å²) in [6, 6.07) is 5.19. The quantitative estimate of drug-likeness (QED) is 0.783. The van der Waals surface area contributed by atoms with Crippen molar-refractivity contribution >= 4 is 34.3 Å². The Bertz CT molecular complexity index is 806. The fraction of sp³-hybridized carbons (Fsp3) is 0.154. The zero-order chi connectivity index (χ0) is 14.3. The number of nitrogens with one attached hydrogen (secondary N) is 1. The van der Waals surface area contributed by atoms with Crippen LogP contribution in [0.25, 0.3) is 11.0 Å². The van der Waals surface area contributed by atoms with E-state index in [1.54, 1.807) is 32.0 Å². The average Bonchev–Trinajstić information content (AvgIpc) is 2.95. The van der Waals surface area contributed by atoms with Crippen LogP contribution >= 0.6 is 11.6 Å². The summed E-state index contributed by atoms with van der Waals surface area (Å²) in [5.74, 6) is 0.0752. The summed E-state index contributed by atoms with van der Waals surface area (Å²) in [5.41, 5.74) is 1.82. The van der Waals surface area contributed by atoms with E-state index >= 15 is 0 Å². The molecule has 7 heteroatoms. The van der Waals surface area contributed by atoms with Crippen LogP contribution in [0.4, 0.5) is 5.82 Å². The van der Waals surface area contributed by atoms with E-state index in [1.165, 1.54) is 0 Å². The van der Waals surface area contributed by atoms with Gasteiger partial charge in [0.1, 0.15) is 11.3 Å². The topological polar surface area (TPSA) is 81.2 Å². The summed E-state index contributed by atoms with van der Waals surface area (Å²) in [6.45, 7) is 3.47. The molecule has 3 rings (SSSR count). The number of carbonyl (C=O) groups is 1. The van der Waals surface area contributed by atoms with Gasteiger partial charge in [-0.05, 0) is 37.2 Å². The molecule has 2 heterocycles. The predicted molar refractivity (Wildman–Crippen MR) is 72.9 cm³/mol. The van der Waals surface area contributed by atoms with Gasteiger partial charge in [-0.2, -0.15) is 0 Å². The maximum atomic E-state index is 12.2. The van der Waals surface area contributed by atoms with E-state index in [2.05, 4.69) is 20.3 Å². The molecule has 2 aromatic heterocycles. The van der Waals surface area contributed by atoms with Crippen LogP contribution in [0.5, 0.6) is 0 Å². The number of hydrogen-bond donors (Lipinski definition) is 1. The minimum Gasteiger partial charge on any atom is -0.451 e. The zero-order valence-corrected chi connectivity index (χ0v) is 11.5. The largest absolute Gasteiger partial charge is 0.451 e. The molecule has 0 radical (unpaired) electrons. The van der Waals surface area contributed by atoms with Crippen LogP contribution in [0.3, 0.4) is 0 Å². The second kappa shape index (κ2) is 4.64. The molecule has 102 valence electrons. The highest BCUT2D eigenvalue weighted by Gasteiger charge is 2.20. The Labute approximate surface area is 118 Å². The Hall–Kier alpha value is -2.34. The highest BCUT2D eigenvalue weighted by atomic mass is 35.5. The first-order chi connectivity index (χ1) is 9.56. The van der Waals surface area contributed by atoms with E-state index in [0.717, 1.165) is 5.39 Å². The van der Waals surface area contributed by atoms with Gasteiger partial charge in [0.25, 0.3) is 5.91 Å². The fourth-order valence-electron chi connectivity index (χ4n) is 1.92.